The lowest BCUT2D eigenvalue weighted by atomic mass is 9.60. The van der Waals surface area contributed by atoms with Crippen molar-refractivity contribution in [2.24, 2.45) is 0 Å². The molecule has 0 spiro atoms. The largest absolute Gasteiger partial charge is 0.309 e. The minimum Gasteiger partial charge on any atom is -0.309 e. The average Bonchev–Trinajstić information content (AvgIpc) is 3.77. The Kier molecular flexibility index (Phi) is 8.96. The van der Waals surface area contributed by atoms with Crippen molar-refractivity contribution in [2.45, 2.75) is 11.8 Å². The van der Waals surface area contributed by atoms with E-state index in [1.807, 2.05) is 24.5 Å². The Hall–Kier alpha value is -9.06. The van der Waals surface area contributed by atoms with Crippen molar-refractivity contribution in [3.63, 3.8) is 0 Å². The molecule has 2 unspecified atom stereocenters. The fourth-order valence-electron chi connectivity index (χ4n) is 11.1. The molecule has 3 aliphatic carbocycles. The molecule has 3 heterocycles. The highest BCUT2D eigenvalue weighted by Crippen LogP contribution is 2.56. The Bertz CT molecular complexity index is 3940. The van der Waals surface area contributed by atoms with Crippen LogP contribution in [0.5, 0.6) is 0 Å². The van der Waals surface area contributed by atoms with Crippen LogP contribution in [0, 0.1) is 0 Å². The lowest BCUT2D eigenvalue weighted by Gasteiger charge is -2.42. The second-order valence-corrected chi connectivity index (χ2v) is 18.2. The third-order valence-corrected chi connectivity index (χ3v) is 14.3. The van der Waals surface area contributed by atoms with E-state index in [-0.39, 0.29) is 11.8 Å². The first-order valence-electron chi connectivity index (χ1n) is 23.6. The zero-order chi connectivity index (χ0) is 45.4. The second kappa shape index (κ2) is 15.8. The topological polar surface area (TPSA) is 56.5 Å². The molecular weight excluding hydrogens is 839 g/mol. The summed E-state index contributed by atoms with van der Waals surface area (Å²) in [7, 11) is 0. The minimum atomic E-state index is 0.0776. The molecule has 0 saturated carbocycles. The van der Waals surface area contributed by atoms with Crippen molar-refractivity contribution < 1.29 is 0 Å². The van der Waals surface area contributed by atoms with Crippen molar-refractivity contribution in [3.8, 4) is 73.2 Å². The van der Waals surface area contributed by atoms with Crippen LogP contribution in [0.15, 0.2) is 237 Å². The van der Waals surface area contributed by atoms with Gasteiger partial charge >= 0.3 is 0 Å². The molecule has 0 aliphatic heterocycles. The Morgan fingerprint density at radius 3 is 1.41 bits per heavy atom. The van der Waals surface area contributed by atoms with Gasteiger partial charge in [-0.15, -0.1) is 0 Å². The van der Waals surface area contributed by atoms with Crippen LogP contribution in [-0.4, -0.2) is 24.5 Å². The normalized spacial score (nSPS) is 14.4. The Labute approximate surface area is 399 Å². The van der Waals surface area contributed by atoms with Crippen molar-refractivity contribution in [1.82, 2.24) is 24.5 Å². The summed E-state index contributed by atoms with van der Waals surface area (Å²) in [4.78, 5) is 20.2. The van der Waals surface area contributed by atoms with Gasteiger partial charge in [0.15, 0.2) is 17.5 Å². The van der Waals surface area contributed by atoms with E-state index in [4.69, 9.17) is 15.0 Å². The highest BCUT2D eigenvalue weighted by molar-refractivity contribution is 6.10. The summed E-state index contributed by atoms with van der Waals surface area (Å²) >= 11 is 0. The third-order valence-electron chi connectivity index (χ3n) is 14.3. The first kappa shape index (κ1) is 39.1. The van der Waals surface area contributed by atoms with Crippen molar-refractivity contribution in [2.75, 3.05) is 0 Å². The standard InChI is InChI=1S/C64H41N5/c1-3-12-40(13-4-1)41-25-27-44(28-26-41)62-66-63(68-64(67-62)47-31-34-59-55(37-47)50-17-9-10-20-58(50)69(59)49-15-5-2-6-16-49)46-30-33-54-57(38-46)61-52-19-8-7-18-51(52)60(54)56-36-45(29-32-53(56)61)42-21-23-43(24-22-42)48-14-11-35-65-39-48/h1-39,60-61H. The fraction of sp³-hybridized carbons (Fsp3) is 0.0312. The Morgan fingerprint density at radius 2 is 0.739 bits per heavy atom. The molecule has 0 fully saturated rings. The van der Waals surface area contributed by atoms with E-state index in [1.54, 1.807) is 0 Å². The van der Waals surface area contributed by atoms with E-state index in [9.17, 15) is 0 Å². The van der Waals surface area contributed by atoms with Gasteiger partial charge in [-0.2, -0.15) is 0 Å². The molecule has 322 valence electrons. The molecule has 0 N–H and O–H groups in total. The maximum atomic E-state index is 5.35. The maximum absolute atomic E-state index is 5.35. The van der Waals surface area contributed by atoms with Crippen LogP contribution >= 0.6 is 0 Å². The van der Waals surface area contributed by atoms with Crippen LogP contribution in [0.1, 0.15) is 45.2 Å². The van der Waals surface area contributed by atoms with Crippen molar-refractivity contribution in [3.05, 3.63) is 270 Å². The zero-order valence-electron chi connectivity index (χ0n) is 37.4. The van der Waals surface area contributed by atoms with Gasteiger partial charge in [0.1, 0.15) is 0 Å². The molecule has 3 aromatic heterocycles. The molecule has 69 heavy (non-hydrogen) atoms. The molecule has 2 atom stereocenters. The second-order valence-electron chi connectivity index (χ2n) is 18.2. The van der Waals surface area contributed by atoms with E-state index in [1.165, 1.54) is 55.5 Å². The smallest absolute Gasteiger partial charge is 0.164 e. The maximum Gasteiger partial charge on any atom is 0.164 e. The van der Waals surface area contributed by atoms with Crippen LogP contribution in [0.2, 0.25) is 0 Å². The predicted molar refractivity (Wildman–Crippen MR) is 279 cm³/mol. The number of benzene rings is 9. The third kappa shape index (κ3) is 6.46. The van der Waals surface area contributed by atoms with Gasteiger partial charge in [0.05, 0.1) is 11.0 Å². The molecule has 0 radical (unpaired) electrons. The van der Waals surface area contributed by atoms with Gasteiger partial charge in [0.25, 0.3) is 0 Å². The van der Waals surface area contributed by atoms with Gasteiger partial charge in [0, 0.05) is 57.4 Å². The van der Waals surface area contributed by atoms with Crippen LogP contribution in [0.25, 0.3) is 95.0 Å². The zero-order valence-corrected chi connectivity index (χ0v) is 37.4. The predicted octanol–water partition coefficient (Wildman–Crippen LogP) is 15.4. The highest BCUT2D eigenvalue weighted by atomic mass is 15.0. The van der Waals surface area contributed by atoms with Crippen LogP contribution < -0.4 is 0 Å². The molecule has 3 aliphatic rings. The minimum absolute atomic E-state index is 0.0776. The number of nitrogens with zero attached hydrogens (tertiary/aromatic N) is 5. The fourth-order valence-corrected chi connectivity index (χ4v) is 11.1. The molecule has 2 bridgehead atoms. The van der Waals surface area contributed by atoms with E-state index in [2.05, 4.69) is 222 Å². The molecule has 12 aromatic rings. The number of pyridine rings is 1. The quantitative estimate of drug-likeness (QED) is 0.160. The van der Waals surface area contributed by atoms with Gasteiger partial charge in [0.2, 0.25) is 0 Å². The summed E-state index contributed by atoms with van der Waals surface area (Å²) in [5, 5.41) is 2.33. The van der Waals surface area contributed by atoms with Gasteiger partial charge in [-0.3, -0.25) is 4.98 Å². The van der Waals surface area contributed by atoms with Crippen LogP contribution in [0.3, 0.4) is 0 Å². The molecule has 5 heteroatoms. The Balaban J connectivity index is 0.894. The highest BCUT2D eigenvalue weighted by Gasteiger charge is 2.41. The summed E-state index contributed by atoms with van der Waals surface area (Å²) in [5.74, 6) is 2.11. The molecule has 0 saturated heterocycles. The van der Waals surface area contributed by atoms with E-state index < -0.39 is 0 Å². The van der Waals surface area contributed by atoms with E-state index in [0.717, 1.165) is 55.5 Å². The first-order valence-corrected chi connectivity index (χ1v) is 23.6. The number of para-hydroxylation sites is 2. The van der Waals surface area contributed by atoms with Crippen LogP contribution in [0.4, 0.5) is 0 Å². The Morgan fingerprint density at radius 1 is 0.290 bits per heavy atom. The van der Waals surface area contributed by atoms with Gasteiger partial charge in [-0.25, -0.2) is 15.0 Å². The van der Waals surface area contributed by atoms with Gasteiger partial charge in [-0.1, -0.05) is 170 Å². The van der Waals surface area contributed by atoms with Crippen LogP contribution in [-0.2, 0) is 0 Å². The first-order chi connectivity index (χ1) is 34.2. The molecule has 0 amide bonds. The molecular formula is C64H41N5. The van der Waals surface area contributed by atoms with Gasteiger partial charge in [-0.05, 0) is 121 Å². The SMILES string of the molecule is c1ccc(-c2ccc(-c3nc(-c4ccc5c(c4)C4c6ccccc6C5c5cc(-c6ccc(-c7cccnc7)cc6)ccc54)nc(-c4ccc5c(c4)c4ccccc4n5-c4ccccc4)n3)cc2)cc1. The number of hydrogen-bond donors (Lipinski definition) is 0. The summed E-state index contributed by atoms with van der Waals surface area (Å²) in [5.41, 5.74) is 21.4. The molecule has 5 nitrogen and oxygen atoms in total. The number of aromatic nitrogens is 5. The van der Waals surface area contributed by atoms with Crippen molar-refractivity contribution >= 4 is 21.8 Å². The van der Waals surface area contributed by atoms with E-state index in [0.29, 0.717) is 17.5 Å². The lowest BCUT2D eigenvalue weighted by molar-refractivity contribution is 0.755. The summed E-state index contributed by atoms with van der Waals surface area (Å²) in [6, 6.07) is 80.8. The van der Waals surface area contributed by atoms with Gasteiger partial charge < -0.3 is 4.57 Å². The summed E-state index contributed by atoms with van der Waals surface area (Å²) in [6.45, 7) is 0. The number of hydrogen-bond acceptors (Lipinski definition) is 4. The monoisotopic (exact) mass is 879 g/mol. The molecule has 15 rings (SSSR count). The van der Waals surface area contributed by atoms with E-state index >= 15 is 0 Å². The number of rotatable bonds is 7. The lowest BCUT2D eigenvalue weighted by Crippen LogP contribution is -2.27. The molecule has 9 aromatic carbocycles. The average molecular weight is 880 g/mol. The number of fused-ring (bicyclic) bond motifs is 3. The summed E-state index contributed by atoms with van der Waals surface area (Å²) < 4.78 is 2.34. The summed E-state index contributed by atoms with van der Waals surface area (Å²) in [6.07, 6.45) is 3.73. The van der Waals surface area contributed by atoms with Crippen molar-refractivity contribution in [1.29, 1.82) is 0 Å².